The van der Waals surface area contributed by atoms with Gasteiger partial charge in [0.15, 0.2) is 0 Å². The highest BCUT2D eigenvalue weighted by molar-refractivity contribution is 5.79. The number of aromatic nitrogens is 2. The van der Waals surface area contributed by atoms with E-state index in [-0.39, 0.29) is 5.41 Å². The van der Waals surface area contributed by atoms with Crippen LogP contribution in [-0.2, 0) is 11.3 Å². The van der Waals surface area contributed by atoms with Gasteiger partial charge in [0.1, 0.15) is 0 Å². The Labute approximate surface area is 164 Å². The summed E-state index contributed by atoms with van der Waals surface area (Å²) in [5.41, 5.74) is 2.88. The van der Waals surface area contributed by atoms with E-state index < -0.39 is 0 Å². The number of nitrogens with zero attached hydrogens (tertiary/aromatic N) is 3. The van der Waals surface area contributed by atoms with Crippen molar-refractivity contribution >= 4 is 5.91 Å². The molecule has 2 fully saturated rings. The van der Waals surface area contributed by atoms with Gasteiger partial charge in [-0.1, -0.05) is 13.8 Å². The molecule has 2 N–H and O–H groups in total. The molecule has 6 nitrogen and oxygen atoms in total. The minimum atomic E-state index is 0.228. The second-order valence-corrected chi connectivity index (χ2v) is 9.27. The van der Waals surface area contributed by atoms with E-state index in [2.05, 4.69) is 46.2 Å². The van der Waals surface area contributed by atoms with Crippen molar-refractivity contribution in [2.75, 3.05) is 40.3 Å². The Bertz CT molecular complexity index is 618. The zero-order valence-electron chi connectivity index (χ0n) is 17.6. The first-order valence-corrected chi connectivity index (χ1v) is 10.6. The Kier molecular flexibility index (Phi) is 6.58. The van der Waals surface area contributed by atoms with Gasteiger partial charge in [-0.25, -0.2) is 0 Å². The average molecular weight is 376 g/mol. The van der Waals surface area contributed by atoms with Crippen molar-refractivity contribution in [3.63, 3.8) is 0 Å². The van der Waals surface area contributed by atoms with Crippen LogP contribution in [0, 0.1) is 11.3 Å². The number of nitrogens with one attached hydrogen (secondary N) is 2. The van der Waals surface area contributed by atoms with Crippen LogP contribution in [0.4, 0.5) is 0 Å². The van der Waals surface area contributed by atoms with Crippen molar-refractivity contribution in [2.24, 2.45) is 11.3 Å². The van der Waals surface area contributed by atoms with Crippen LogP contribution < -0.4 is 5.32 Å². The quantitative estimate of drug-likeness (QED) is 0.733. The van der Waals surface area contributed by atoms with Crippen molar-refractivity contribution < 1.29 is 4.79 Å². The fraction of sp³-hybridized carbons (Fsp3) is 0.810. The molecule has 1 saturated carbocycles. The minimum absolute atomic E-state index is 0.228. The number of likely N-dealkylation sites (N-methyl/N-ethyl adjacent to an activating group) is 2. The van der Waals surface area contributed by atoms with E-state index in [1.807, 2.05) is 13.2 Å². The number of carbonyl (C=O) groups is 1. The Morgan fingerprint density at radius 2 is 2.15 bits per heavy atom. The molecule has 0 unspecified atom stereocenters. The van der Waals surface area contributed by atoms with Gasteiger partial charge in [0.2, 0.25) is 5.91 Å². The normalized spacial score (nSPS) is 26.1. The Morgan fingerprint density at radius 1 is 1.41 bits per heavy atom. The number of amides is 1. The van der Waals surface area contributed by atoms with Gasteiger partial charge >= 0.3 is 0 Å². The van der Waals surface area contributed by atoms with Gasteiger partial charge in [-0.2, -0.15) is 5.10 Å². The highest BCUT2D eigenvalue weighted by Crippen LogP contribution is 2.48. The smallest absolute Gasteiger partial charge is 0.223 e. The summed E-state index contributed by atoms with van der Waals surface area (Å²) < 4.78 is 0. The molecule has 0 radical (unpaired) electrons. The maximum Gasteiger partial charge on any atom is 0.223 e. The first kappa shape index (κ1) is 20.3. The molecule has 1 aromatic rings. The molecule has 1 aliphatic heterocycles. The summed E-state index contributed by atoms with van der Waals surface area (Å²) in [6.07, 6.45) is 7.41. The first-order valence-electron chi connectivity index (χ1n) is 10.6. The third kappa shape index (κ3) is 4.91. The van der Waals surface area contributed by atoms with Crippen molar-refractivity contribution in [1.29, 1.82) is 0 Å². The summed E-state index contributed by atoms with van der Waals surface area (Å²) in [6, 6.07) is 0. The van der Waals surface area contributed by atoms with Crippen molar-refractivity contribution in [3.8, 4) is 0 Å². The molecule has 1 amide bonds. The van der Waals surface area contributed by atoms with Gasteiger partial charge in [0, 0.05) is 56.3 Å². The molecular weight excluding hydrogens is 338 g/mol. The Hall–Kier alpha value is -1.40. The number of hydrogen-bond acceptors (Lipinski definition) is 4. The highest BCUT2D eigenvalue weighted by Gasteiger charge is 2.45. The van der Waals surface area contributed by atoms with Crippen LogP contribution in [0.2, 0.25) is 0 Å². The number of hydrogen-bond donors (Lipinski definition) is 2. The molecule has 6 heteroatoms. The number of H-pyrrole nitrogens is 1. The average Bonchev–Trinajstić information content (AvgIpc) is 3.18. The molecule has 2 aliphatic rings. The van der Waals surface area contributed by atoms with Gasteiger partial charge in [-0.05, 0) is 51.1 Å². The van der Waals surface area contributed by atoms with Crippen LogP contribution in [0.5, 0.6) is 0 Å². The topological polar surface area (TPSA) is 64.3 Å². The maximum absolute atomic E-state index is 12.5. The van der Waals surface area contributed by atoms with Gasteiger partial charge < -0.3 is 15.1 Å². The molecule has 3 rings (SSSR count). The SMILES string of the molecule is CNCCN(C)Cc1cn[nH]c1C1CCC2(CC1)CC(=O)N(CC(C)C)C2. The molecular formula is C21H37N5O. The lowest BCUT2D eigenvalue weighted by Gasteiger charge is -2.37. The Balaban J connectivity index is 1.57. The molecule has 152 valence electrons. The van der Waals surface area contributed by atoms with Crippen molar-refractivity contribution in [1.82, 2.24) is 25.3 Å². The second-order valence-electron chi connectivity index (χ2n) is 9.27. The van der Waals surface area contributed by atoms with Gasteiger partial charge in [-0.15, -0.1) is 0 Å². The third-order valence-electron chi connectivity index (χ3n) is 6.38. The zero-order chi connectivity index (χ0) is 19.4. The summed E-state index contributed by atoms with van der Waals surface area (Å²) in [5, 5.41) is 10.8. The minimum Gasteiger partial charge on any atom is -0.342 e. The Morgan fingerprint density at radius 3 is 2.81 bits per heavy atom. The van der Waals surface area contributed by atoms with E-state index in [0.29, 0.717) is 17.7 Å². The van der Waals surface area contributed by atoms with Crippen LogP contribution in [0.25, 0.3) is 0 Å². The molecule has 0 atom stereocenters. The summed E-state index contributed by atoms with van der Waals surface area (Å²) in [6.45, 7) is 9.24. The molecule has 1 saturated heterocycles. The molecule has 0 aromatic carbocycles. The summed E-state index contributed by atoms with van der Waals surface area (Å²) in [7, 11) is 4.16. The van der Waals surface area contributed by atoms with Crippen molar-refractivity contribution in [2.45, 2.75) is 58.4 Å². The van der Waals surface area contributed by atoms with Gasteiger partial charge in [0.05, 0.1) is 6.20 Å². The zero-order valence-corrected chi connectivity index (χ0v) is 17.6. The van der Waals surface area contributed by atoms with E-state index in [1.54, 1.807) is 0 Å². The molecule has 27 heavy (non-hydrogen) atoms. The van der Waals surface area contributed by atoms with E-state index in [1.165, 1.54) is 11.3 Å². The lowest BCUT2D eigenvalue weighted by Crippen LogP contribution is -2.33. The molecule has 1 aromatic heterocycles. The lowest BCUT2D eigenvalue weighted by atomic mass is 9.69. The predicted octanol–water partition coefficient (Wildman–Crippen LogP) is 2.59. The monoisotopic (exact) mass is 375 g/mol. The highest BCUT2D eigenvalue weighted by atomic mass is 16.2. The second kappa shape index (κ2) is 8.74. The molecule has 1 spiro atoms. The maximum atomic E-state index is 12.5. The number of likely N-dealkylation sites (tertiary alicyclic amines) is 1. The molecule has 2 heterocycles. The first-order chi connectivity index (χ1) is 12.9. The fourth-order valence-corrected chi connectivity index (χ4v) is 4.92. The number of carbonyl (C=O) groups excluding carboxylic acids is 1. The van der Waals surface area contributed by atoms with Crippen molar-refractivity contribution in [3.05, 3.63) is 17.5 Å². The van der Waals surface area contributed by atoms with E-state index in [4.69, 9.17) is 0 Å². The summed E-state index contributed by atoms with van der Waals surface area (Å²) >= 11 is 0. The number of rotatable bonds is 8. The lowest BCUT2D eigenvalue weighted by molar-refractivity contribution is -0.128. The van der Waals surface area contributed by atoms with Gasteiger partial charge in [-0.3, -0.25) is 9.89 Å². The third-order valence-corrected chi connectivity index (χ3v) is 6.38. The largest absolute Gasteiger partial charge is 0.342 e. The van der Waals surface area contributed by atoms with Gasteiger partial charge in [0.25, 0.3) is 0 Å². The van der Waals surface area contributed by atoms with E-state index >= 15 is 0 Å². The van der Waals surface area contributed by atoms with E-state index in [9.17, 15) is 4.79 Å². The van der Waals surface area contributed by atoms with Crippen LogP contribution in [0.1, 0.15) is 63.1 Å². The fourth-order valence-electron chi connectivity index (χ4n) is 4.92. The van der Waals surface area contributed by atoms with Crippen LogP contribution >= 0.6 is 0 Å². The standard InChI is InChI=1S/C21H37N5O/c1-16(2)13-26-15-21(11-19(26)27)7-5-17(6-8-21)20-18(12-23-24-20)14-25(4)10-9-22-3/h12,16-17,22H,5-11,13-15H2,1-4H3,(H,23,24). The van der Waals surface area contributed by atoms with Crippen LogP contribution in [-0.4, -0.2) is 66.2 Å². The summed E-state index contributed by atoms with van der Waals surface area (Å²) in [4.78, 5) is 16.9. The number of aromatic amines is 1. The van der Waals surface area contributed by atoms with Crippen LogP contribution in [0.15, 0.2) is 6.20 Å². The molecule has 0 bridgehead atoms. The molecule has 1 aliphatic carbocycles. The summed E-state index contributed by atoms with van der Waals surface area (Å²) in [5.74, 6) is 1.48. The van der Waals surface area contributed by atoms with Crippen LogP contribution in [0.3, 0.4) is 0 Å². The van der Waals surface area contributed by atoms with E-state index in [0.717, 1.165) is 64.8 Å². The predicted molar refractivity (Wildman–Crippen MR) is 109 cm³/mol.